The molecule has 1 heterocycles. The molecule has 0 aliphatic rings. The van der Waals surface area contributed by atoms with Crippen molar-refractivity contribution < 1.29 is 13.6 Å². The first kappa shape index (κ1) is 16.4. The Balaban J connectivity index is 1.65. The van der Waals surface area contributed by atoms with Gasteiger partial charge in [-0.15, -0.1) is 0 Å². The maximum absolute atomic E-state index is 13.7. The van der Waals surface area contributed by atoms with Crippen molar-refractivity contribution in [2.24, 2.45) is 0 Å². The average Bonchev–Trinajstić information content (AvgIpc) is 3.03. The van der Waals surface area contributed by atoms with E-state index in [0.29, 0.717) is 5.52 Å². The fourth-order valence-electron chi connectivity index (χ4n) is 2.66. The zero-order valence-corrected chi connectivity index (χ0v) is 14.2. The van der Waals surface area contributed by atoms with E-state index in [0.717, 1.165) is 28.0 Å². The van der Waals surface area contributed by atoms with E-state index >= 15 is 0 Å². The molecule has 4 aromatic rings. The van der Waals surface area contributed by atoms with Gasteiger partial charge in [0.05, 0.1) is 10.2 Å². The van der Waals surface area contributed by atoms with Crippen molar-refractivity contribution in [2.45, 2.75) is 0 Å². The Bertz CT molecular complexity index is 1090. The molecule has 0 aliphatic heterocycles. The fraction of sp³-hybridized carbons (Fsp3) is 0. The van der Waals surface area contributed by atoms with E-state index < -0.39 is 23.1 Å². The molecule has 0 atom stereocenters. The number of nitrogens with zero attached hydrogens (tertiary/aromatic N) is 1. The zero-order valence-electron chi connectivity index (χ0n) is 13.4. The topological polar surface area (TPSA) is 42.0 Å². The highest BCUT2D eigenvalue weighted by atomic mass is 32.1. The average molecular weight is 366 g/mol. The summed E-state index contributed by atoms with van der Waals surface area (Å²) in [5, 5.41) is 2.77. The lowest BCUT2D eigenvalue weighted by molar-refractivity contribution is 0.101. The SMILES string of the molecule is O=C(Nc1nc2ccc(-c3ccccc3)cc2s1)c1c(F)cccc1F. The van der Waals surface area contributed by atoms with Crippen LogP contribution in [0, 0.1) is 11.6 Å². The summed E-state index contributed by atoms with van der Waals surface area (Å²) in [6, 6.07) is 19.0. The van der Waals surface area contributed by atoms with Crippen molar-refractivity contribution in [1.29, 1.82) is 0 Å². The summed E-state index contributed by atoms with van der Waals surface area (Å²) >= 11 is 1.25. The Labute approximate surface area is 151 Å². The molecule has 128 valence electrons. The van der Waals surface area contributed by atoms with Gasteiger partial charge in [-0.2, -0.15) is 0 Å². The summed E-state index contributed by atoms with van der Waals surface area (Å²) in [4.78, 5) is 16.5. The molecule has 6 heteroatoms. The molecule has 0 aliphatic carbocycles. The van der Waals surface area contributed by atoms with E-state index in [-0.39, 0.29) is 5.13 Å². The highest BCUT2D eigenvalue weighted by Gasteiger charge is 2.18. The zero-order chi connectivity index (χ0) is 18.1. The lowest BCUT2D eigenvalue weighted by Gasteiger charge is -2.03. The predicted molar refractivity (Wildman–Crippen MR) is 99.4 cm³/mol. The number of hydrogen-bond donors (Lipinski definition) is 1. The number of carbonyl (C=O) groups is 1. The summed E-state index contributed by atoms with van der Waals surface area (Å²) in [6.07, 6.45) is 0. The fourth-order valence-corrected chi connectivity index (χ4v) is 3.56. The molecule has 26 heavy (non-hydrogen) atoms. The number of carbonyl (C=O) groups excluding carboxylic acids is 1. The van der Waals surface area contributed by atoms with E-state index in [1.807, 2.05) is 48.5 Å². The van der Waals surface area contributed by atoms with Crippen molar-refractivity contribution in [3.8, 4) is 11.1 Å². The number of halogens is 2. The van der Waals surface area contributed by atoms with E-state index in [2.05, 4.69) is 10.3 Å². The van der Waals surface area contributed by atoms with Crippen LogP contribution in [0.4, 0.5) is 13.9 Å². The van der Waals surface area contributed by atoms with E-state index in [4.69, 9.17) is 0 Å². The van der Waals surface area contributed by atoms with Crippen molar-refractivity contribution in [1.82, 2.24) is 4.98 Å². The van der Waals surface area contributed by atoms with Crippen molar-refractivity contribution in [3.63, 3.8) is 0 Å². The quantitative estimate of drug-likeness (QED) is 0.521. The lowest BCUT2D eigenvalue weighted by atomic mass is 10.1. The Morgan fingerprint density at radius 1 is 0.885 bits per heavy atom. The number of fused-ring (bicyclic) bond motifs is 1. The number of aromatic nitrogens is 1. The van der Waals surface area contributed by atoms with Gasteiger partial charge in [-0.05, 0) is 35.4 Å². The van der Waals surface area contributed by atoms with Crippen LogP contribution in [-0.2, 0) is 0 Å². The summed E-state index contributed by atoms with van der Waals surface area (Å²) in [5.41, 5.74) is 2.19. The number of nitrogens with one attached hydrogen (secondary N) is 1. The molecule has 0 fully saturated rings. The third-order valence-electron chi connectivity index (χ3n) is 3.91. The molecule has 1 amide bonds. The van der Waals surface area contributed by atoms with Crippen LogP contribution in [-0.4, -0.2) is 10.9 Å². The normalized spacial score (nSPS) is 10.8. The Kier molecular flexibility index (Phi) is 4.18. The molecule has 0 radical (unpaired) electrons. The third kappa shape index (κ3) is 3.07. The minimum atomic E-state index is -0.907. The Morgan fingerprint density at radius 2 is 1.62 bits per heavy atom. The van der Waals surface area contributed by atoms with Gasteiger partial charge in [-0.3, -0.25) is 10.1 Å². The van der Waals surface area contributed by atoms with Gasteiger partial charge in [-0.25, -0.2) is 13.8 Å². The van der Waals surface area contributed by atoms with Gasteiger partial charge in [0.2, 0.25) is 0 Å². The summed E-state index contributed by atoms with van der Waals surface area (Å²) < 4.78 is 28.3. The number of thiazole rings is 1. The van der Waals surface area contributed by atoms with Crippen LogP contribution >= 0.6 is 11.3 Å². The predicted octanol–water partition coefficient (Wildman–Crippen LogP) is 5.49. The second-order valence-electron chi connectivity index (χ2n) is 5.62. The molecular formula is C20H12F2N2OS. The van der Waals surface area contributed by atoms with Gasteiger partial charge in [0.15, 0.2) is 5.13 Å². The maximum Gasteiger partial charge on any atom is 0.263 e. The smallest absolute Gasteiger partial charge is 0.263 e. The maximum atomic E-state index is 13.7. The second kappa shape index (κ2) is 6.65. The molecule has 0 saturated carbocycles. The highest BCUT2D eigenvalue weighted by Crippen LogP contribution is 2.31. The molecule has 3 nitrogen and oxygen atoms in total. The monoisotopic (exact) mass is 366 g/mol. The van der Waals surface area contributed by atoms with Crippen LogP contribution in [0.15, 0.2) is 66.7 Å². The van der Waals surface area contributed by atoms with Crippen LogP contribution in [0.5, 0.6) is 0 Å². The van der Waals surface area contributed by atoms with Crippen molar-refractivity contribution in [3.05, 3.63) is 83.9 Å². The molecule has 4 rings (SSSR count). The van der Waals surface area contributed by atoms with Crippen molar-refractivity contribution >= 4 is 32.6 Å². The summed E-state index contributed by atoms with van der Waals surface area (Å²) in [7, 11) is 0. The third-order valence-corrected chi connectivity index (χ3v) is 4.84. The first-order valence-corrected chi connectivity index (χ1v) is 8.65. The molecule has 0 saturated heterocycles. The first-order valence-electron chi connectivity index (χ1n) is 7.83. The van der Waals surface area contributed by atoms with E-state index in [9.17, 15) is 13.6 Å². The molecular weight excluding hydrogens is 354 g/mol. The number of benzene rings is 3. The minimum Gasteiger partial charge on any atom is -0.298 e. The lowest BCUT2D eigenvalue weighted by Crippen LogP contribution is -2.15. The summed E-state index contributed by atoms with van der Waals surface area (Å²) in [5.74, 6) is -2.67. The van der Waals surface area contributed by atoms with Gasteiger partial charge in [0.25, 0.3) is 5.91 Å². The Morgan fingerprint density at radius 3 is 2.35 bits per heavy atom. The largest absolute Gasteiger partial charge is 0.298 e. The summed E-state index contributed by atoms with van der Waals surface area (Å²) in [6.45, 7) is 0. The minimum absolute atomic E-state index is 0.290. The van der Waals surface area contributed by atoms with Gasteiger partial charge in [0.1, 0.15) is 17.2 Å². The Hall–Kier alpha value is -3.12. The van der Waals surface area contributed by atoms with Crippen LogP contribution in [0.3, 0.4) is 0 Å². The second-order valence-corrected chi connectivity index (χ2v) is 6.65. The molecule has 0 spiro atoms. The number of anilines is 1. The number of rotatable bonds is 3. The van der Waals surface area contributed by atoms with Gasteiger partial charge < -0.3 is 0 Å². The van der Waals surface area contributed by atoms with Gasteiger partial charge in [-0.1, -0.05) is 53.8 Å². The van der Waals surface area contributed by atoms with Gasteiger partial charge in [0, 0.05) is 0 Å². The van der Waals surface area contributed by atoms with Crippen LogP contribution < -0.4 is 5.32 Å². The van der Waals surface area contributed by atoms with Crippen LogP contribution in [0.25, 0.3) is 21.3 Å². The van der Waals surface area contributed by atoms with Crippen LogP contribution in [0.1, 0.15) is 10.4 Å². The first-order chi connectivity index (χ1) is 12.6. The molecule has 1 aromatic heterocycles. The number of hydrogen-bond acceptors (Lipinski definition) is 3. The molecule has 1 N–H and O–H groups in total. The van der Waals surface area contributed by atoms with E-state index in [1.165, 1.54) is 17.4 Å². The molecule has 0 unspecified atom stereocenters. The van der Waals surface area contributed by atoms with Crippen LogP contribution in [0.2, 0.25) is 0 Å². The molecule has 0 bridgehead atoms. The van der Waals surface area contributed by atoms with E-state index in [1.54, 1.807) is 0 Å². The highest BCUT2D eigenvalue weighted by molar-refractivity contribution is 7.22. The van der Waals surface area contributed by atoms with Gasteiger partial charge >= 0.3 is 0 Å². The molecule has 3 aromatic carbocycles. The number of amides is 1. The standard InChI is InChI=1S/C20H12F2N2OS/c21-14-7-4-8-15(22)18(14)19(25)24-20-23-16-10-9-13(11-17(16)26-20)12-5-2-1-3-6-12/h1-11H,(H,23,24,25). The van der Waals surface area contributed by atoms with Crippen molar-refractivity contribution in [2.75, 3.05) is 5.32 Å².